The second kappa shape index (κ2) is 3.17. The van der Waals surface area contributed by atoms with Crippen molar-refractivity contribution < 1.29 is 0 Å². The second-order valence-electron chi connectivity index (χ2n) is 4.39. The Balaban J connectivity index is 2.31. The van der Waals surface area contributed by atoms with E-state index in [-0.39, 0.29) is 0 Å². The fourth-order valence-corrected chi connectivity index (χ4v) is 1.89. The van der Waals surface area contributed by atoms with Crippen LogP contribution in [0.25, 0.3) is 0 Å². The van der Waals surface area contributed by atoms with Crippen LogP contribution in [0, 0.1) is 6.92 Å². The molecule has 2 heteroatoms. The van der Waals surface area contributed by atoms with Gasteiger partial charge in [-0.1, -0.05) is 13.8 Å². The maximum absolute atomic E-state index is 4.57. The molecular weight excluding hydrogens is 160 g/mol. The molecule has 0 unspecified atom stereocenters. The molecule has 0 aliphatic heterocycles. The van der Waals surface area contributed by atoms with Crippen LogP contribution in [-0.2, 0) is 0 Å². The van der Waals surface area contributed by atoms with Gasteiger partial charge in [0, 0.05) is 5.69 Å². The van der Waals surface area contributed by atoms with Crippen molar-refractivity contribution in [2.24, 2.45) is 0 Å². The summed E-state index contributed by atoms with van der Waals surface area (Å²) in [4.78, 5) is 0. The van der Waals surface area contributed by atoms with Crippen molar-refractivity contribution in [1.82, 2.24) is 9.78 Å². The molecular formula is C11H18N2. The van der Waals surface area contributed by atoms with E-state index in [1.165, 1.54) is 25.0 Å². The first kappa shape index (κ1) is 8.79. The Kier molecular flexibility index (Phi) is 2.14. The summed E-state index contributed by atoms with van der Waals surface area (Å²) in [5.74, 6) is 0.599. The van der Waals surface area contributed by atoms with Crippen molar-refractivity contribution in [3.05, 3.63) is 17.5 Å². The van der Waals surface area contributed by atoms with Gasteiger partial charge in [0.1, 0.15) is 0 Å². The van der Waals surface area contributed by atoms with Crippen molar-refractivity contribution in [2.45, 2.75) is 52.0 Å². The highest BCUT2D eigenvalue weighted by Gasteiger charge is 2.23. The molecule has 72 valence electrons. The van der Waals surface area contributed by atoms with Crippen molar-refractivity contribution in [3.8, 4) is 0 Å². The van der Waals surface area contributed by atoms with E-state index in [9.17, 15) is 0 Å². The number of hydrogen-bond acceptors (Lipinski definition) is 1. The van der Waals surface area contributed by atoms with Gasteiger partial charge in [-0.05, 0) is 38.2 Å². The minimum Gasteiger partial charge on any atom is -0.266 e. The quantitative estimate of drug-likeness (QED) is 0.680. The molecule has 0 radical (unpaired) electrons. The number of aryl methyl sites for hydroxylation is 1. The third-order valence-corrected chi connectivity index (χ3v) is 2.90. The van der Waals surface area contributed by atoms with Crippen LogP contribution in [0.3, 0.4) is 0 Å². The molecule has 0 N–H and O–H groups in total. The number of aromatic nitrogens is 2. The molecule has 0 aromatic carbocycles. The fourth-order valence-electron chi connectivity index (χ4n) is 1.89. The van der Waals surface area contributed by atoms with E-state index in [2.05, 4.69) is 36.6 Å². The lowest BCUT2D eigenvalue weighted by atomic mass is 9.92. The van der Waals surface area contributed by atoms with Gasteiger partial charge in [-0.2, -0.15) is 5.10 Å². The van der Waals surface area contributed by atoms with E-state index in [1.54, 1.807) is 0 Å². The summed E-state index contributed by atoms with van der Waals surface area (Å²) in [6, 6.07) is 2.93. The smallest absolute Gasteiger partial charge is 0.0596 e. The van der Waals surface area contributed by atoms with E-state index in [1.807, 2.05) is 0 Å². The Morgan fingerprint density at radius 2 is 2.15 bits per heavy atom. The maximum atomic E-state index is 4.57. The van der Waals surface area contributed by atoms with Gasteiger partial charge in [0.2, 0.25) is 0 Å². The number of hydrogen-bond donors (Lipinski definition) is 0. The first-order valence-electron chi connectivity index (χ1n) is 5.24. The van der Waals surface area contributed by atoms with Gasteiger partial charge >= 0.3 is 0 Å². The Morgan fingerprint density at radius 3 is 2.62 bits per heavy atom. The lowest BCUT2D eigenvalue weighted by molar-refractivity contribution is 0.279. The van der Waals surface area contributed by atoms with E-state index >= 15 is 0 Å². The maximum Gasteiger partial charge on any atom is 0.0596 e. The Bertz CT molecular complexity index is 295. The molecule has 1 fully saturated rings. The Hall–Kier alpha value is -0.790. The summed E-state index contributed by atoms with van der Waals surface area (Å²) in [5.41, 5.74) is 2.57. The average Bonchev–Trinajstić information content (AvgIpc) is 2.27. The molecule has 0 atom stereocenters. The highest BCUT2D eigenvalue weighted by atomic mass is 15.3. The lowest BCUT2D eigenvalue weighted by Gasteiger charge is -2.28. The largest absolute Gasteiger partial charge is 0.266 e. The zero-order chi connectivity index (χ0) is 9.42. The van der Waals surface area contributed by atoms with Gasteiger partial charge in [-0.15, -0.1) is 0 Å². The van der Waals surface area contributed by atoms with Gasteiger partial charge in [-0.3, -0.25) is 4.68 Å². The molecule has 0 spiro atoms. The zero-order valence-electron chi connectivity index (χ0n) is 8.75. The van der Waals surface area contributed by atoms with Gasteiger partial charge < -0.3 is 0 Å². The Morgan fingerprint density at radius 1 is 1.46 bits per heavy atom. The van der Waals surface area contributed by atoms with Crippen LogP contribution < -0.4 is 0 Å². The molecule has 1 aromatic heterocycles. The summed E-state index contributed by atoms with van der Waals surface area (Å²) in [6.07, 6.45) is 4.02. The first-order chi connectivity index (χ1) is 6.18. The van der Waals surface area contributed by atoms with Crippen molar-refractivity contribution >= 4 is 0 Å². The fraction of sp³-hybridized carbons (Fsp3) is 0.727. The molecule has 0 saturated heterocycles. The molecule has 1 aliphatic rings. The monoisotopic (exact) mass is 178 g/mol. The zero-order valence-corrected chi connectivity index (χ0v) is 8.75. The van der Waals surface area contributed by atoms with Gasteiger partial charge in [0.25, 0.3) is 0 Å². The molecule has 1 aromatic rings. The van der Waals surface area contributed by atoms with Crippen LogP contribution in [0.4, 0.5) is 0 Å². The lowest BCUT2D eigenvalue weighted by Crippen LogP contribution is -2.20. The van der Waals surface area contributed by atoms with Crippen LogP contribution in [0.1, 0.15) is 56.5 Å². The van der Waals surface area contributed by atoms with E-state index in [0.29, 0.717) is 12.0 Å². The minimum absolute atomic E-state index is 0.599. The van der Waals surface area contributed by atoms with Crippen molar-refractivity contribution in [1.29, 1.82) is 0 Å². The van der Waals surface area contributed by atoms with Gasteiger partial charge in [0.05, 0.1) is 11.7 Å². The minimum atomic E-state index is 0.599. The molecule has 13 heavy (non-hydrogen) atoms. The Labute approximate surface area is 80.0 Å². The third-order valence-electron chi connectivity index (χ3n) is 2.90. The topological polar surface area (TPSA) is 17.8 Å². The average molecular weight is 178 g/mol. The van der Waals surface area contributed by atoms with Crippen LogP contribution in [-0.4, -0.2) is 9.78 Å². The summed E-state index contributed by atoms with van der Waals surface area (Å²) >= 11 is 0. The molecule has 1 saturated carbocycles. The van der Waals surface area contributed by atoms with Crippen molar-refractivity contribution in [3.63, 3.8) is 0 Å². The summed E-state index contributed by atoms with van der Waals surface area (Å²) in [5, 5.41) is 4.57. The number of nitrogens with zero attached hydrogens (tertiary/aromatic N) is 2. The molecule has 2 nitrogen and oxygen atoms in total. The van der Waals surface area contributed by atoms with Crippen molar-refractivity contribution in [2.75, 3.05) is 0 Å². The molecule has 0 bridgehead atoms. The summed E-state index contributed by atoms with van der Waals surface area (Å²) in [7, 11) is 0. The standard InChI is InChI=1S/C11H18N2/c1-8(2)11-7-9(3)12-13(11)10-5-4-6-10/h7-8,10H,4-6H2,1-3H3. The van der Waals surface area contributed by atoms with Crippen LogP contribution in [0.2, 0.25) is 0 Å². The second-order valence-corrected chi connectivity index (χ2v) is 4.39. The first-order valence-corrected chi connectivity index (χ1v) is 5.24. The molecule has 1 aliphatic carbocycles. The van der Waals surface area contributed by atoms with Crippen LogP contribution in [0.15, 0.2) is 6.07 Å². The summed E-state index contributed by atoms with van der Waals surface area (Å²) < 4.78 is 2.25. The number of rotatable bonds is 2. The SMILES string of the molecule is Cc1cc(C(C)C)n(C2CCC2)n1. The highest BCUT2D eigenvalue weighted by molar-refractivity contribution is 5.13. The van der Waals surface area contributed by atoms with E-state index in [0.717, 1.165) is 5.69 Å². The van der Waals surface area contributed by atoms with Crippen LogP contribution in [0.5, 0.6) is 0 Å². The van der Waals surface area contributed by atoms with E-state index in [4.69, 9.17) is 0 Å². The predicted molar refractivity (Wildman–Crippen MR) is 53.9 cm³/mol. The van der Waals surface area contributed by atoms with Gasteiger partial charge in [-0.25, -0.2) is 0 Å². The normalized spacial score (nSPS) is 17.8. The van der Waals surface area contributed by atoms with E-state index < -0.39 is 0 Å². The highest BCUT2D eigenvalue weighted by Crippen LogP contribution is 2.33. The summed E-state index contributed by atoms with van der Waals surface area (Å²) in [6.45, 7) is 6.57. The molecule has 1 heterocycles. The third kappa shape index (κ3) is 1.50. The van der Waals surface area contributed by atoms with Crippen LogP contribution >= 0.6 is 0 Å². The molecule has 0 amide bonds. The predicted octanol–water partition coefficient (Wildman–Crippen LogP) is 3.04. The molecule has 2 rings (SSSR count). The van der Waals surface area contributed by atoms with Gasteiger partial charge in [0.15, 0.2) is 0 Å².